The van der Waals surface area contributed by atoms with Gasteiger partial charge >= 0.3 is 0 Å². The van der Waals surface area contributed by atoms with Crippen molar-refractivity contribution in [3.63, 3.8) is 0 Å². The summed E-state index contributed by atoms with van der Waals surface area (Å²) >= 11 is 6.16. The van der Waals surface area contributed by atoms with E-state index in [4.69, 9.17) is 16.3 Å². The van der Waals surface area contributed by atoms with Crippen molar-refractivity contribution in [1.29, 1.82) is 0 Å². The molecular weight excluding hydrogens is 395 g/mol. The smallest absolute Gasteiger partial charge is 0.234 e. The molecule has 7 heteroatoms. The second kappa shape index (κ2) is 9.57. The Balaban J connectivity index is 1.49. The molecule has 1 saturated heterocycles. The molecule has 1 atom stereocenters. The van der Waals surface area contributed by atoms with E-state index in [-0.39, 0.29) is 24.9 Å². The zero-order valence-electron chi connectivity index (χ0n) is 16.5. The molecule has 1 fully saturated rings. The zero-order valence-corrected chi connectivity index (χ0v) is 17.2. The minimum Gasteiger partial charge on any atom is -0.489 e. The molecule has 2 aromatic rings. The van der Waals surface area contributed by atoms with Crippen LogP contribution in [0.5, 0.6) is 5.75 Å². The molecule has 0 bridgehead atoms. The number of halogens is 2. The van der Waals surface area contributed by atoms with Crippen LogP contribution in [-0.4, -0.2) is 47.8 Å². The molecule has 2 N–H and O–H groups in total. The lowest BCUT2D eigenvalue weighted by Gasteiger charge is -2.38. The third-order valence-electron chi connectivity index (χ3n) is 4.99. The lowest BCUT2D eigenvalue weighted by atomic mass is 9.93. The standard InChI is InChI=1S/C22H26ClFN2O3/c1-16-3-8-19(23)20(11-16)29-15-22(28)9-2-10-26(14-22)13-21(27)25-12-17-4-6-18(24)7-5-17/h3-8,11,28H,2,9-10,12-15H2,1H3,(H,25,27)/t22-/m1/s1. The predicted octanol–water partition coefficient (Wildman–Crippen LogP) is 3.31. The van der Waals surface area contributed by atoms with E-state index in [1.54, 1.807) is 18.2 Å². The highest BCUT2D eigenvalue weighted by Crippen LogP contribution is 2.28. The van der Waals surface area contributed by atoms with E-state index in [1.165, 1.54) is 12.1 Å². The molecular formula is C22H26ClFN2O3. The van der Waals surface area contributed by atoms with Crippen LogP contribution in [0.15, 0.2) is 42.5 Å². The van der Waals surface area contributed by atoms with Crippen molar-refractivity contribution in [1.82, 2.24) is 10.2 Å². The number of hydrogen-bond donors (Lipinski definition) is 2. The van der Waals surface area contributed by atoms with Crippen molar-refractivity contribution >= 4 is 17.5 Å². The summed E-state index contributed by atoms with van der Waals surface area (Å²) in [6.45, 7) is 3.67. The van der Waals surface area contributed by atoms with E-state index < -0.39 is 5.60 Å². The molecule has 0 aromatic heterocycles. The Bertz CT molecular complexity index is 846. The minimum absolute atomic E-state index is 0.115. The summed E-state index contributed by atoms with van der Waals surface area (Å²) in [6, 6.07) is 11.5. The van der Waals surface area contributed by atoms with Crippen molar-refractivity contribution in [3.05, 3.63) is 64.4 Å². The highest BCUT2D eigenvalue weighted by Gasteiger charge is 2.35. The molecule has 0 radical (unpaired) electrons. The Morgan fingerprint density at radius 3 is 2.83 bits per heavy atom. The molecule has 156 valence electrons. The van der Waals surface area contributed by atoms with Crippen molar-refractivity contribution in [2.24, 2.45) is 0 Å². The Kier molecular flexibility index (Phi) is 7.11. The van der Waals surface area contributed by atoms with Crippen LogP contribution < -0.4 is 10.1 Å². The van der Waals surface area contributed by atoms with Gasteiger partial charge in [0.25, 0.3) is 0 Å². The number of piperidine rings is 1. The van der Waals surface area contributed by atoms with E-state index in [1.807, 2.05) is 24.0 Å². The van der Waals surface area contributed by atoms with Crippen molar-refractivity contribution in [3.8, 4) is 5.75 Å². The number of aryl methyl sites for hydroxylation is 1. The molecule has 0 saturated carbocycles. The highest BCUT2D eigenvalue weighted by molar-refractivity contribution is 6.32. The fourth-order valence-corrected chi connectivity index (χ4v) is 3.63. The summed E-state index contributed by atoms with van der Waals surface area (Å²) in [5.41, 5.74) is 0.820. The van der Waals surface area contributed by atoms with E-state index >= 15 is 0 Å². The monoisotopic (exact) mass is 420 g/mol. The maximum absolute atomic E-state index is 12.9. The number of aliphatic hydroxyl groups is 1. The molecule has 1 heterocycles. The molecule has 5 nitrogen and oxygen atoms in total. The lowest BCUT2D eigenvalue weighted by molar-refractivity contribution is -0.124. The molecule has 0 unspecified atom stereocenters. The number of nitrogens with one attached hydrogen (secondary N) is 1. The van der Waals surface area contributed by atoms with Gasteiger partial charge in [0, 0.05) is 13.1 Å². The van der Waals surface area contributed by atoms with Gasteiger partial charge in [0.05, 0.1) is 11.6 Å². The van der Waals surface area contributed by atoms with Crippen LogP contribution in [0.25, 0.3) is 0 Å². The predicted molar refractivity (Wildman–Crippen MR) is 111 cm³/mol. The zero-order chi connectivity index (χ0) is 20.9. The van der Waals surface area contributed by atoms with Gasteiger partial charge < -0.3 is 15.2 Å². The van der Waals surface area contributed by atoms with Crippen molar-refractivity contribution in [2.75, 3.05) is 26.2 Å². The van der Waals surface area contributed by atoms with Gasteiger partial charge in [-0.2, -0.15) is 0 Å². The number of ether oxygens (including phenoxy) is 1. The van der Waals surface area contributed by atoms with Crippen LogP contribution in [0.2, 0.25) is 5.02 Å². The SMILES string of the molecule is Cc1ccc(Cl)c(OC[C@@]2(O)CCCN(CC(=O)NCc3ccc(F)cc3)C2)c1. The number of amides is 1. The largest absolute Gasteiger partial charge is 0.489 e. The van der Waals surface area contributed by atoms with Gasteiger partial charge in [-0.1, -0.05) is 29.8 Å². The van der Waals surface area contributed by atoms with E-state index in [2.05, 4.69) is 5.32 Å². The Morgan fingerprint density at radius 1 is 1.31 bits per heavy atom. The summed E-state index contributed by atoms with van der Waals surface area (Å²) in [4.78, 5) is 14.2. The van der Waals surface area contributed by atoms with Crippen LogP contribution in [0.4, 0.5) is 4.39 Å². The lowest BCUT2D eigenvalue weighted by Crippen LogP contribution is -2.53. The van der Waals surface area contributed by atoms with Gasteiger partial charge in [0.1, 0.15) is 23.8 Å². The molecule has 3 rings (SSSR count). The average Bonchev–Trinajstić information content (AvgIpc) is 2.68. The number of β-amino-alcohol motifs (C(OH)–C–C–N with tert-alkyl or cyclic N) is 1. The quantitative estimate of drug-likeness (QED) is 0.721. The van der Waals surface area contributed by atoms with Gasteiger partial charge in [-0.05, 0) is 61.7 Å². The van der Waals surface area contributed by atoms with Gasteiger partial charge in [-0.15, -0.1) is 0 Å². The molecule has 0 aliphatic carbocycles. The van der Waals surface area contributed by atoms with E-state index in [9.17, 15) is 14.3 Å². The summed E-state index contributed by atoms with van der Waals surface area (Å²) in [5, 5.41) is 14.3. The van der Waals surface area contributed by atoms with E-state index in [0.717, 1.165) is 24.1 Å². The molecule has 1 aliphatic rings. The summed E-state index contributed by atoms with van der Waals surface area (Å²) in [7, 11) is 0. The first-order valence-electron chi connectivity index (χ1n) is 9.68. The Labute approximate surface area is 175 Å². The number of benzene rings is 2. The van der Waals surface area contributed by atoms with Crippen LogP contribution in [-0.2, 0) is 11.3 Å². The normalized spacial score (nSPS) is 19.7. The average molecular weight is 421 g/mol. The van der Waals surface area contributed by atoms with Gasteiger partial charge in [0.15, 0.2) is 0 Å². The third-order valence-corrected chi connectivity index (χ3v) is 5.30. The molecule has 1 amide bonds. The van der Waals surface area contributed by atoms with Crippen LogP contribution in [0.1, 0.15) is 24.0 Å². The Morgan fingerprint density at radius 2 is 2.07 bits per heavy atom. The maximum Gasteiger partial charge on any atom is 0.234 e. The van der Waals surface area contributed by atoms with E-state index in [0.29, 0.717) is 30.3 Å². The second-order valence-corrected chi connectivity index (χ2v) is 8.07. The Hall–Kier alpha value is -2.15. The highest BCUT2D eigenvalue weighted by atomic mass is 35.5. The molecule has 2 aromatic carbocycles. The minimum atomic E-state index is -1.04. The summed E-state index contributed by atoms with van der Waals surface area (Å²) < 4.78 is 18.7. The number of nitrogens with zero attached hydrogens (tertiary/aromatic N) is 1. The number of rotatable bonds is 7. The van der Waals surface area contributed by atoms with Crippen molar-refractivity contribution in [2.45, 2.75) is 31.9 Å². The first kappa shape index (κ1) is 21.6. The first-order valence-corrected chi connectivity index (χ1v) is 10.1. The second-order valence-electron chi connectivity index (χ2n) is 7.66. The summed E-state index contributed by atoms with van der Waals surface area (Å²) in [5.74, 6) is 0.109. The number of likely N-dealkylation sites (tertiary alicyclic amines) is 1. The van der Waals surface area contributed by atoms with Crippen molar-refractivity contribution < 1.29 is 19.0 Å². The number of hydrogen-bond acceptors (Lipinski definition) is 4. The van der Waals surface area contributed by atoms with Crippen LogP contribution in [0, 0.1) is 12.7 Å². The fourth-order valence-electron chi connectivity index (χ4n) is 3.45. The topological polar surface area (TPSA) is 61.8 Å². The number of carbonyl (C=O) groups excluding carboxylic acids is 1. The summed E-state index contributed by atoms with van der Waals surface area (Å²) in [6.07, 6.45) is 1.37. The van der Waals surface area contributed by atoms with Gasteiger partial charge in [-0.3, -0.25) is 9.69 Å². The van der Waals surface area contributed by atoms with Crippen LogP contribution >= 0.6 is 11.6 Å². The fraction of sp³-hybridized carbons (Fsp3) is 0.409. The number of carbonyl (C=O) groups is 1. The third kappa shape index (κ3) is 6.42. The van der Waals surface area contributed by atoms with Gasteiger partial charge in [-0.25, -0.2) is 4.39 Å². The van der Waals surface area contributed by atoms with Crippen LogP contribution in [0.3, 0.4) is 0 Å². The molecule has 0 spiro atoms. The molecule has 1 aliphatic heterocycles. The first-order chi connectivity index (χ1) is 13.8. The molecule has 29 heavy (non-hydrogen) atoms. The maximum atomic E-state index is 12.9. The van der Waals surface area contributed by atoms with Gasteiger partial charge in [0.2, 0.25) is 5.91 Å².